The monoisotopic (exact) mass is 1300 g/mol. The van der Waals surface area contributed by atoms with Gasteiger partial charge in [0, 0.05) is 61.4 Å². The Hall–Kier alpha value is -8.48. The van der Waals surface area contributed by atoms with Crippen molar-refractivity contribution in [2.75, 3.05) is 0 Å². The van der Waals surface area contributed by atoms with Gasteiger partial charge in [0.1, 0.15) is 68.1 Å². The highest BCUT2D eigenvalue weighted by atomic mass is 16.4. The van der Waals surface area contributed by atoms with E-state index in [4.69, 9.17) is 26.5 Å². The topological polar surface area (TPSA) is 78.8 Å². The molecule has 6 heteroatoms. The molecule has 6 heterocycles. The lowest BCUT2D eigenvalue weighted by atomic mass is 9.90. The van der Waals surface area contributed by atoms with Crippen LogP contribution < -0.4 is 0 Å². The third-order valence-corrected chi connectivity index (χ3v) is 18.7. The van der Waals surface area contributed by atoms with Gasteiger partial charge in [0.25, 0.3) is 0 Å². The predicted molar refractivity (Wildman–Crippen MR) is 416 cm³/mol. The average molecular weight is 1300 g/mol. The fourth-order valence-corrected chi connectivity index (χ4v) is 13.2. The lowest BCUT2D eigenvalue weighted by Crippen LogP contribution is -2.10. The fourth-order valence-electron chi connectivity index (χ4n) is 13.2. The first-order valence-electron chi connectivity index (χ1n) is 35.1. The smallest absolute Gasteiger partial charge is 0.134 e. The predicted octanol–water partition coefficient (Wildman–Crippen LogP) is 28.0. The molecule has 1 aliphatic carbocycles. The van der Waals surface area contributed by atoms with Crippen LogP contribution in [0.25, 0.3) is 71.4 Å². The number of hydrogen-bond donors (Lipinski definition) is 0. The summed E-state index contributed by atoms with van der Waals surface area (Å²) in [5, 5.41) is 7.49. The van der Waals surface area contributed by atoms with Crippen molar-refractivity contribution in [1.82, 2.24) is 0 Å². The Morgan fingerprint density at radius 2 is 0.660 bits per heavy atom. The summed E-state index contributed by atoms with van der Waals surface area (Å²) in [5.74, 6) is 8.17. The fraction of sp³-hybridized carbons (Fsp3) is 0.385. The van der Waals surface area contributed by atoms with Gasteiger partial charge >= 0.3 is 0 Å². The Labute approximate surface area is 580 Å². The van der Waals surface area contributed by atoms with E-state index < -0.39 is 0 Å². The van der Waals surface area contributed by atoms with Crippen molar-refractivity contribution in [3.05, 3.63) is 251 Å². The van der Waals surface area contributed by atoms with Crippen LogP contribution in [-0.2, 0) is 23.7 Å². The van der Waals surface area contributed by atoms with Gasteiger partial charge in [0.15, 0.2) is 0 Å². The maximum Gasteiger partial charge on any atom is 0.134 e. The molecule has 13 aromatic rings. The molecule has 0 saturated carbocycles. The summed E-state index contributed by atoms with van der Waals surface area (Å²) in [6.07, 6.45) is 2.18. The zero-order chi connectivity index (χ0) is 71.4. The Kier molecular flexibility index (Phi) is 23.4. The van der Waals surface area contributed by atoms with Crippen molar-refractivity contribution >= 4 is 71.4 Å². The third-order valence-electron chi connectivity index (χ3n) is 18.7. The quantitative estimate of drug-likeness (QED) is 0.175. The number of furan rings is 6. The van der Waals surface area contributed by atoms with Crippen molar-refractivity contribution in [2.24, 2.45) is 5.92 Å². The molecule has 0 atom stereocenters. The SMILES string of the molecule is CC1=C(C)c2cc(C)ccc2C1.Cc1ccc2c(C)c(C(C)(C)C)oc2c1.Cc1ccc2c(C)c(C(C)C)oc2c1.Cc1ccc2c(C)c(C)oc2c1.Cc1ccc2c(C)c(CC(C)C)oc2c1.Cc1ccc2oc(C(C)(C)C)c(C)c2c1.Cc1ccc2oc(C(C)C)c(C)c2c1. The number of aryl methyl sites for hydroxylation is 14. The molecule has 0 radical (unpaired) electrons. The first-order valence-corrected chi connectivity index (χ1v) is 35.1. The summed E-state index contributed by atoms with van der Waals surface area (Å²) in [6, 6.07) is 45.0. The van der Waals surface area contributed by atoms with E-state index in [0.717, 1.165) is 80.9 Å². The molecule has 0 saturated heterocycles. The molecule has 7 aromatic carbocycles. The molecular weight excluding hydrogens is 1190 g/mol. The molecule has 0 aliphatic heterocycles. The largest absolute Gasteiger partial charge is 0.461 e. The van der Waals surface area contributed by atoms with E-state index in [1.807, 2.05) is 6.92 Å². The Morgan fingerprint density at radius 1 is 0.320 bits per heavy atom. The van der Waals surface area contributed by atoms with Crippen LogP contribution in [0, 0.1) is 103 Å². The molecule has 97 heavy (non-hydrogen) atoms. The summed E-state index contributed by atoms with van der Waals surface area (Å²) in [4.78, 5) is 0. The van der Waals surface area contributed by atoms with Gasteiger partial charge in [-0.05, 0) is 244 Å². The zero-order valence-corrected chi connectivity index (χ0v) is 64.2. The highest BCUT2D eigenvalue weighted by molar-refractivity contribution is 5.87. The summed E-state index contributed by atoms with van der Waals surface area (Å²) >= 11 is 0. The Morgan fingerprint density at radius 3 is 1.13 bits per heavy atom. The second kappa shape index (κ2) is 30.5. The van der Waals surface area contributed by atoms with Crippen LogP contribution in [0.15, 0.2) is 159 Å². The minimum Gasteiger partial charge on any atom is -0.461 e. The van der Waals surface area contributed by atoms with E-state index in [9.17, 15) is 0 Å². The summed E-state index contributed by atoms with van der Waals surface area (Å²) < 4.78 is 35.0. The maximum atomic E-state index is 5.94. The van der Waals surface area contributed by atoms with Crippen molar-refractivity contribution in [1.29, 1.82) is 0 Å². The van der Waals surface area contributed by atoms with E-state index in [1.54, 1.807) is 0 Å². The molecule has 1 aliphatic rings. The van der Waals surface area contributed by atoms with Crippen LogP contribution >= 0.6 is 0 Å². The van der Waals surface area contributed by atoms with Crippen molar-refractivity contribution in [3.8, 4) is 0 Å². The lowest BCUT2D eigenvalue weighted by molar-refractivity contribution is 0.426. The number of rotatable bonds is 4. The summed E-state index contributed by atoms with van der Waals surface area (Å²) in [6.45, 7) is 60.2. The van der Waals surface area contributed by atoms with E-state index in [0.29, 0.717) is 17.8 Å². The van der Waals surface area contributed by atoms with Crippen LogP contribution in [0.5, 0.6) is 0 Å². The van der Waals surface area contributed by atoms with Gasteiger partial charge in [0.2, 0.25) is 0 Å². The van der Waals surface area contributed by atoms with Gasteiger partial charge < -0.3 is 26.5 Å². The second-order valence-corrected chi connectivity index (χ2v) is 30.9. The highest BCUT2D eigenvalue weighted by Gasteiger charge is 2.25. The molecular formula is C91H112O6. The number of allylic oxidation sites excluding steroid dienone is 2. The minimum atomic E-state index is 0.0804. The van der Waals surface area contributed by atoms with Gasteiger partial charge in [-0.25, -0.2) is 0 Å². The van der Waals surface area contributed by atoms with Gasteiger partial charge in [-0.1, -0.05) is 184 Å². The van der Waals surface area contributed by atoms with Gasteiger partial charge in [-0.3, -0.25) is 0 Å². The van der Waals surface area contributed by atoms with Crippen molar-refractivity contribution < 1.29 is 26.5 Å². The molecule has 0 N–H and O–H groups in total. The minimum absolute atomic E-state index is 0.0804. The van der Waals surface area contributed by atoms with E-state index in [2.05, 4.69) is 314 Å². The van der Waals surface area contributed by atoms with Crippen LogP contribution in [0.4, 0.5) is 0 Å². The highest BCUT2D eigenvalue weighted by Crippen LogP contribution is 2.38. The number of fused-ring (bicyclic) bond motifs is 7. The van der Waals surface area contributed by atoms with Crippen molar-refractivity contribution in [3.63, 3.8) is 0 Å². The summed E-state index contributed by atoms with van der Waals surface area (Å²) in [7, 11) is 0. The van der Waals surface area contributed by atoms with Gasteiger partial charge in [-0.15, -0.1) is 0 Å². The molecule has 512 valence electrons. The van der Waals surface area contributed by atoms with Gasteiger partial charge in [-0.2, -0.15) is 0 Å². The van der Waals surface area contributed by atoms with Crippen molar-refractivity contribution in [2.45, 2.75) is 229 Å². The molecule has 0 amide bonds. The molecule has 14 rings (SSSR count). The summed E-state index contributed by atoms with van der Waals surface area (Å²) in [5.41, 5.74) is 28.8. The van der Waals surface area contributed by atoms with Crippen LogP contribution in [0.2, 0.25) is 0 Å². The maximum absolute atomic E-state index is 5.94. The third kappa shape index (κ3) is 17.6. The second-order valence-electron chi connectivity index (χ2n) is 30.9. The number of benzene rings is 7. The Bertz CT molecular complexity index is 4900. The molecule has 6 aromatic heterocycles. The van der Waals surface area contributed by atoms with E-state index in [1.165, 1.54) is 127 Å². The first-order chi connectivity index (χ1) is 45.4. The van der Waals surface area contributed by atoms with Crippen LogP contribution in [0.1, 0.15) is 227 Å². The number of hydrogen-bond acceptors (Lipinski definition) is 6. The molecule has 6 nitrogen and oxygen atoms in total. The van der Waals surface area contributed by atoms with Crippen LogP contribution in [0.3, 0.4) is 0 Å². The first kappa shape index (κ1) is 74.3. The normalized spacial score (nSPS) is 12.2. The standard InChI is InChI=1S/3C14H18O.2C13H16O.C12H14.C11H12O/c1-9-6-7-12-11(8-9)10(2)13(15-12)14(3,4)5;1-9-6-7-11-10(2)13(14(3,4)5)15-12(11)8-9;1-9(2)7-13-11(4)12-6-5-10(3)8-14(12)15-13;1-8(2)13-10(4)11-7-9(3)5-6-12(11)14-13;1-8(2)13-10(4)11-6-5-9(3)7-12(11)14-13;1-8-4-5-11-7-9(2)10(3)12(11)6-8;1-7-4-5-10-8(2)9(3)12-11(10)6-7/h2*6-8H,1-5H3;5-6,8-9H,7H2,1-4H3;2*5-8H,1-4H3;4-6H,7H2,1-3H3;4-6H,1-3H3. The molecule has 0 bridgehead atoms. The molecule has 0 unspecified atom stereocenters. The van der Waals surface area contributed by atoms with E-state index in [-0.39, 0.29) is 10.8 Å². The zero-order valence-electron chi connectivity index (χ0n) is 64.2. The van der Waals surface area contributed by atoms with Crippen LogP contribution in [-0.4, -0.2) is 0 Å². The van der Waals surface area contributed by atoms with E-state index >= 15 is 0 Å². The lowest BCUT2D eigenvalue weighted by Gasteiger charge is -2.15. The Balaban J connectivity index is 0.000000145. The molecule has 0 fully saturated rings. The molecule has 0 spiro atoms. The average Bonchev–Trinajstić information content (AvgIpc) is 1.62. The van der Waals surface area contributed by atoms with Gasteiger partial charge in [0.05, 0.1) is 0 Å².